The Kier molecular flexibility index (Phi) is 8.22. The van der Waals surface area contributed by atoms with Gasteiger partial charge in [0, 0.05) is 12.5 Å². The number of nitrogens with two attached hydrogens (primary N) is 1. The highest BCUT2D eigenvalue weighted by molar-refractivity contribution is 5.82. The first kappa shape index (κ1) is 17.1. The minimum absolute atomic E-state index is 0.0648. The van der Waals surface area contributed by atoms with Crippen LogP contribution in [0.1, 0.15) is 33.3 Å². The molecule has 0 amide bonds. The molecule has 3 heteroatoms. The maximum atomic E-state index is 9.49. The number of carbonyl (C=O) groups is 1. The molecule has 0 unspecified atom stereocenters. The third kappa shape index (κ3) is 8.80. The van der Waals surface area contributed by atoms with E-state index in [1.165, 1.54) is 23.8 Å². The number of quaternary nitrogens is 1. The van der Waals surface area contributed by atoms with E-state index >= 15 is 0 Å². The molecule has 0 radical (unpaired) electrons. The van der Waals surface area contributed by atoms with E-state index in [1.807, 2.05) is 0 Å². The standard InChI is InChI=1S/C12H17N.C4H6O2/c1-10(2)11(3)13-9-12-7-5-4-6-8-12;1-3(2)4(5)6/h4-8,13H,9H2,1-3H3;1H2,2H3,(H,5,6). The number of carbonyl (C=O) groups excluding carboxylic acids is 1. The van der Waals surface area contributed by atoms with Gasteiger partial charge in [-0.1, -0.05) is 36.9 Å². The molecule has 0 spiro atoms. The molecule has 0 aliphatic rings. The quantitative estimate of drug-likeness (QED) is 0.832. The Labute approximate surface area is 115 Å². The van der Waals surface area contributed by atoms with Crippen molar-refractivity contribution in [1.29, 1.82) is 0 Å². The maximum Gasteiger partial charge on any atom is 0.106 e. The number of aliphatic carboxylic acids is 1. The summed E-state index contributed by atoms with van der Waals surface area (Å²) in [6.07, 6.45) is 0. The second-order valence-electron chi connectivity index (χ2n) is 4.64. The van der Waals surface area contributed by atoms with Gasteiger partial charge in [0.25, 0.3) is 0 Å². The first-order chi connectivity index (χ1) is 8.84. The van der Waals surface area contributed by atoms with Crippen LogP contribution >= 0.6 is 0 Å². The largest absolute Gasteiger partial charge is 0.545 e. The predicted octanol–water partition coefficient (Wildman–Crippen LogP) is 1.38. The van der Waals surface area contributed by atoms with Crippen molar-refractivity contribution in [2.75, 3.05) is 0 Å². The van der Waals surface area contributed by atoms with E-state index < -0.39 is 5.97 Å². The summed E-state index contributed by atoms with van der Waals surface area (Å²) >= 11 is 0. The van der Waals surface area contributed by atoms with Crippen LogP contribution in [-0.2, 0) is 11.3 Å². The fourth-order valence-electron chi connectivity index (χ4n) is 1.09. The molecule has 1 aromatic rings. The Morgan fingerprint density at radius 3 is 2.00 bits per heavy atom. The fraction of sp³-hybridized carbons (Fsp3) is 0.312. The Balaban J connectivity index is 0.000000459. The van der Waals surface area contributed by atoms with E-state index in [0.29, 0.717) is 0 Å². The van der Waals surface area contributed by atoms with Gasteiger partial charge in [0.2, 0.25) is 0 Å². The van der Waals surface area contributed by atoms with Crippen LogP contribution in [0.4, 0.5) is 0 Å². The molecule has 1 aromatic carbocycles. The molecule has 0 saturated heterocycles. The number of benzene rings is 1. The highest BCUT2D eigenvalue weighted by Gasteiger charge is 1.97. The number of rotatable bonds is 4. The van der Waals surface area contributed by atoms with E-state index in [-0.39, 0.29) is 5.57 Å². The number of carboxylic acid groups (broad SMARTS) is 1. The lowest BCUT2D eigenvalue weighted by molar-refractivity contribution is -0.623. The molecule has 3 nitrogen and oxygen atoms in total. The van der Waals surface area contributed by atoms with Crippen LogP contribution in [-0.4, -0.2) is 5.97 Å². The molecule has 2 N–H and O–H groups in total. The Hall–Kier alpha value is -1.87. The molecule has 0 bridgehead atoms. The number of allylic oxidation sites excluding steroid dienone is 2. The third-order valence-corrected chi connectivity index (χ3v) is 2.62. The highest BCUT2D eigenvalue weighted by Crippen LogP contribution is 1.96. The Morgan fingerprint density at radius 2 is 1.63 bits per heavy atom. The number of carboxylic acids is 1. The average molecular weight is 261 g/mol. The van der Waals surface area contributed by atoms with Gasteiger partial charge in [-0.3, -0.25) is 0 Å². The normalized spacial score (nSPS) is 9.05. The second kappa shape index (κ2) is 9.11. The van der Waals surface area contributed by atoms with Gasteiger partial charge in [0.05, 0.1) is 5.97 Å². The molecular formula is C16H23NO2. The van der Waals surface area contributed by atoms with Crippen LogP contribution in [0.5, 0.6) is 0 Å². The zero-order valence-electron chi connectivity index (χ0n) is 12.2. The lowest BCUT2D eigenvalue weighted by Crippen LogP contribution is -2.80. The molecule has 0 fully saturated rings. The topological polar surface area (TPSA) is 56.7 Å². The minimum atomic E-state index is -1.19. The summed E-state index contributed by atoms with van der Waals surface area (Å²) in [6.45, 7) is 12.0. The molecule has 0 aliphatic heterocycles. The van der Waals surface area contributed by atoms with Crippen LogP contribution in [0.25, 0.3) is 0 Å². The zero-order valence-corrected chi connectivity index (χ0v) is 12.2. The third-order valence-electron chi connectivity index (χ3n) is 2.62. The molecule has 0 atom stereocenters. The Morgan fingerprint density at radius 1 is 1.16 bits per heavy atom. The van der Waals surface area contributed by atoms with E-state index in [1.54, 1.807) is 0 Å². The van der Waals surface area contributed by atoms with Crippen molar-refractivity contribution in [1.82, 2.24) is 0 Å². The molecule has 19 heavy (non-hydrogen) atoms. The maximum absolute atomic E-state index is 9.49. The predicted molar refractivity (Wildman–Crippen MR) is 75.9 cm³/mol. The van der Waals surface area contributed by atoms with Gasteiger partial charge < -0.3 is 15.2 Å². The molecular weight excluding hydrogens is 238 g/mol. The second-order valence-corrected chi connectivity index (χ2v) is 4.64. The average Bonchev–Trinajstić information content (AvgIpc) is 2.37. The van der Waals surface area contributed by atoms with Crippen molar-refractivity contribution in [2.45, 2.75) is 34.2 Å². The number of hydrogen-bond acceptors (Lipinski definition) is 2. The van der Waals surface area contributed by atoms with E-state index in [2.05, 4.69) is 63.0 Å². The SMILES string of the molecule is C=C(C)C(=O)[O-].CC(C)=C(C)[NH2+]Cc1ccccc1. The van der Waals surface area contributed by atoms with E-state index in [4.69, 9.17) is 0 Å². The van der Waals surface area contributed by atoms with Gasteiger partial charge in [0.15, 0.2) is 0 Å². The summed E-state index contributed by atoms with van der Waals surface area (Å²) in [6, 6.07) is 10.5. The van der Waals surface area contributed by atoms with Gasteiger partial charge in [-0.2, -0.15) is 0 Å². The number of hydrogen-bond donors (Lipinski definition) is 1. The van der Waals surface area contributed by atoms with Crippen molar-refractivity contribution < 1.29 is 15.2 Å². The molecule has 0 saturated carbocycles. The van der Waals surface area contributed by atoms with Crippen molar-refractivity contribution >= 4 is 5.97 Å². The van der Waals surface area contributed by atoms with Gasteiger partial charge in [0.1, 0.15) is 12.2 Å². The zero-order chi connectivity index (χ0) is 14.8. The minimum Gasteiger partial charge on any atom is -0.545 e. The summed E-state index contributed by atoms with van der Waals surface area (Å²) < 4.78 is 0. The summed E-state index contributed by atoms with van der Waals surface area (Å²) in [5.74, 6) is -1.19. The molecule has 0 aromatic heterocycles. The first-order valence-corrected chi connectivity index (χ1v) is 6.22. The van der Waals surface area contributed by atoms with Crippen LogP contribution < -0.4 is 10.4 Å². The van der Waals surface area contributed by atoms with Crippen LogP contribution in [0.2, 0.25) is 0 Å². The summed E-state index contributed by atoms with van der Waals surface area (Å²) in [4.78, 5) is 9.49. The lowest BCUT2D eigenvalue weighted by Gasteiger charge is -2.02. The van der Waals surface area contributed by atoms with Gasteiger partial charge in [-0.05, 0) is 31.9 Å². The smallest absolute Gasteiger partial charge is 0.106 e. The summed E-state index contributed by atoms with van der Waals surface area (Å²) in [5.41, 5.74) is 4.23. The van der Waals surface area contributed by atoms with Crippen LogP contribution in [0.15, 0.2) is 53.8 Å². The van der Waals surface area contributed by atoms with E-state index in [0.717, 1.165) is 6.54 Å². The van der Waals surface area contributed by atoms with Crippen molar-refractivity contribution in [3.63, 3.8) is 0 Å². The monoisotopic (exact) mass is 261 g/mol. The molecule has 0 aliphatic carbocycles. The van der Waals surface area contributed by atoms with Gasteiger partial charge in [-0.15, -0.1) is 0 Å². The van der Waals surface area contributed by atoms with Gasteiger partial charge >= 0.3 is 0 Å². The lowest BCUT2D eigenvalue weighted by atomic mass is 10.2. The van der Waals surface area contributed by atoms with Crippen molar-refractivity contribution in [3.8, 4) is 0 Å². The highest BCUT2D eigenvalue weighted by atomic mass is 16.4. The molecule has 1 rings (SSSR count). The summed E-state index contributed by atoms with van der Waals surface area (Å²) in [7, 11) is 0. The van der Waals surface area contributed by atoms with Crippen LogP contribution in [0.3, 0.4) is 0 Å². The van der Waals surface area contributed by atoms with E-state index in [9.17, 15) is 9.90 Å². The Bertz CT molecular complexity index is 431. The molecule has 0 heterocycles. The molecule has 104 valence electrons. The summed E-state index contributed by atoms with van der Waals surface area (Å²) in [5, 5.41) is 11.8. The van der Waals surface area contributed by atoms with Crippen molar-refractivity contribution in [3.05, 3.63) is 59.3 Å². The first-order valence-electron chi connectivity index (χ1n) is 6.22. The fourth-order valence-corrected chi connectivity index (χ4v) is 1.09. The van der Waals surface area contributed by atoms with Crippen LogP contribution in [0, 0.1) is 0 Å². The van der Waals surface area contributed by atoms with Crippen molar-refractivity contribution in [2.24, 2.45) is 0 Å². The van der Waals surface area contributed by atoms with Gasteiger partial charge in [-0.25, -0.2) is 0 Å².